The number of nitrogens with one attached hydrogen (secondary N) is 4. The fraction of sp³-hybridized carbons (Fsp3) is 0.146. The van der Waals surface area contributed by atoms with E-state index in [4.69, 9.17) is 28.4 Å². The fourth-order valence-electron chi connectivity index (χ4n) is 6.05. The summed E-state index contributed by atoms with van der Waals surface area (Å²) in [4.78, 5) is 77.4. The SMILES string of the molecule is COC(=O)c1cccc(NC(=O)c2cccc(NC(=O)c3cccc(NC(=O)c4cccc(NC(=O)c5cccc([N+](=O)[O-])c5OC)c4OC)c3OC)c2OC)c1OC. The molecule has 0 bridgehead atoms. The zero-order chi connectivity index (χ0) is 42.8. The van der Waals surface area contributed by atoms with Crippen LogP contribution in [0.4, 0.5) is 28.4 Å². The molecule has 4 amide bonds. The molecule has 5 aromatic rings. The lowest BCUT2D eigenvalue weighted by Gasteiger charge is -2.18. The topological polar surface area (TPSA) is 232 Å². The molecule has 0 atom stereocenters. The highest BCUT2D eigenvalue weighted by Crippen LogP contribution is 2.37. The van der Waals surface area contributed by atoms with E-state index >= 15 is 0 Å². The summed E-state index contributed by atoms with van der Waals surface area (Å²) in [6.07, 6.45) is 0. The third kappa shape index (κ3) is 8.81. The van der Waals surface area contributed by atoms with Crippen molar-refractivity contribution in [3.05, 3.63) is 129 Å². The van der Waals surface area contributed by atoms with Crippen molar-refractivity contribution < 1.29 is 57.3 Å². The van der Waals surface area contributed by atoms with Crippen LogP contribution in [-0.2, 0) is 4.74 Å². The molecule has 0 saturated carbocycles. The normalized spacial score (nSPS) is 10.3. The molecular weight excluding hydrogens is 770 g/mol. The fourth-order valence-corrected chi connectivity index (χ4v) is 6.05. The molecule has 304 valence electrons. The maximum absolute atomic E-state index is 13.8. The van der Waals surface area contributed by atoms with Crippen molar-refractivity contribution >= 4 is 58.0 Å². The van der Waals surface area contributed by atoms with Gasteiger partial charge in [-0.3, -0.25) is 29.3 Å². The molecular formula is C41H37N5O13. The summed E-state index contributed by atoms with van der Waals surface area (Å²) >= 11 is 0. The standard InChI is InChI=1S/C41H37N5O13/c1-54-32-22(37(47)43-28-18-8-14-24(33(28)55-2)39(49)45-30-20-10-16-26(35(30)57-4)41(51)59-6)12-7-17-27(32)42-38(48)23-13-9-19-29(34(23)56-3)44-40(50)25-15-11-21-31(46(52)53)36(25)58-5/h7-21H,1-6H3,(H,42,48)(H,43,47)(H,44,50)(H,45,49). The monoisotopic (exact) mass is 807 g/mol. The highest BCUT2D eigenvalue weighted by Gasteiger charge is 2.27. The number of benzene rings is 5. The first kappa shape index (κ1) is 42.0. The van der Waals surface area contributed by atoms with Gasteiger partial charge in [0.15, 0.2) is 23.0 Å². The number of nitro groups is 1. The van der Waals surface area contributed by atoms with Crippen LogP contribution >= 0.6 is 0 Å². The Bertz CT molecular complexity index is 2470. The van der Waals surface area contributed by atoms with Crippen LogP contribution in [0.1, 0.15) is 51.8 Å². The van der Waals surface area contributed by atoms with Gasteiger partial charge in [-0.05, 0) is 54.6 Å². The molecule has 0 radical (unpaired) electrons. The first-order valence-corrected chi connectivity index (χ1v) is 17.3. The summed E-state index contributed by atoms with van der Waals surface area (Å²) in [5, 5.41) is 22.2. The van der Waals surface area contributed by atoms with E-state index in [1.807, 2.05) is 0 Å². The number of nitrogens with zero attached hydrogens (tertiary/aromatic N) is 1. The number of ether oxygens (including phenoxy) is 6. The molecule has 18 nitrogen and oxygen atoms in total. The van der Waals surface area contributed by atoms with E-state index in [0.717, 1.165) is 0 Å². The number of carbonyl (C=O) groups excluding carboxylic acids is 5. The quantitative estimate of drug-likeness (QED) is 0.0508. The van der Waals surface area contributed by atoms with Gasteiger partial charge in [0.25, 0.3) is 23.6 Å². The van der Waals surface area contributed by atoms with Crippen LogP contribution in [-0.4, -0.2) is 77.2 Å². The van der Waals surface area contributed by atoms with Gasteiger partial charge in [0.2, 0.25) is 5.75 Å². The third-order valence-corrected chi connectivity index (χ3v) is 8.65. The van der Waals surface area contributed by atoms with Crippen molar-refractivity contribution in [1.82, 2.24) is 0 Å². The zero-order valence-electron chi connectivity index (χ0n) is 32.4. The Kier molecular flexibility index (Phi) is 13.3. The maximum atomic E-state index is 13.8. The molecule has 18 heteroatoms. The summed E-state index contributed by atoms with van der Waals surface area (Å²) in [6, 6.07) is 21.8. The first-order chi connectivity index (χ1) is 28.4. The average molecular weight is 808 g/mol. The molecule has 0 saturated heterocycles. The summed E-state index contributed by atoms with van der Waals surface area (Å²) in [5.74, 6) is -3.73. The highest BCUT2D eigenvalue weighted by molar-refractivity contribution is 6.14. The zero-order valence-corrected chi connectivity index (χ0v) is 32.4. The van der Waals surface area contributed by atoms with Crippen LogP contribution in [0.15, 0.2) is 91.0 Å². The lowest BCUT2D eigenvalue weighted by atomic mass is 10.1. The number of hydrogen-bond donors (Lipinski definition) is 4. The number of carbonyl (C=O) groups is 5. The minimum Gasteiger partial charge on any atom is -0.494 e. The molecule has 0 unspecified atom stereocenters. The molecule has 0 fully saturated rings. The van der Waals surface area contributed by atoms with Gasteiger partial charge in [-0.1, -0.05) is 30.3 Å². The molecule has 4 N–H and O–H groups in total. The van der Waals surface area contributed by atoms with Gasteiger partial charge in [-0.15, -0.1) is 0 Å². The van der Waals surface area contributed by atoms with E-state index in [-0.39, 0.29) is 79.3 Å². The van der Waals surface area contributed by atoms with E-state index in [1.165, 1.54) is 128 Å². The van der Waals surface area contributed by atoms with E-state index < -0.39 is 40.2 Å². The molecule has 0 aliphatic rings. The van der Waals surface area contributed by atoms with Crippen LogP contribution < -0.4 is 45.0 Å². The molecule has 0 aliphatic heterocycles. The van der Waals surface area contributed by atoms with Gasteiger partial charge >= 0.3 is 11.7 Å². The number of rotatable bonds is 15. The van der Waals surface area contributed by atoms with Crippen LogP contribution in [0.3, 0.4) is 0 Å². The van der Waals surface area contributed by atoms with E-state index in [2.05, 4.69) is 21.3 Å². The van der Waals surface area contributed by atoms with Gasteiger partial charge in [0.05, 0.1) is 92.6 Å². The summed E-state index contributed by atoms with van der Waals surface area (Å²) in [5.41, 5.74) is -0.0139. The minimum atomic E-state index is -0.768. The molecule has 5 rings (SSSR count). The number of para-hydroxylation sites is 5. The van der Waals surface area contributed by atoms with Gasteiger partial charge in [-0.2, -0.15) is 0 Å². The number of amides is 4. The second kappa shape index (κ2) is 18.7. The van der Waals surface area contributed by atoms with Crippen molar-refractivity contribution in [3.63, 3.8) is 0 Å². The molecule has 0 aliphatic carbocycles. The first-order valence-electron chi connectivity index (χ1n) is 17.3. The Balaban J connectivity index is 1.38. The molecule has 59 heavy (non-hydrogen) atoms. The molecule has 5 aromatic carbocycles. The number of esters is 1. The number of nitro benzene ring substituents is 1. The summed E-state index contributed by atoms with van der Waals surface area (Å²) in [6.45, 7) is 0. The summed E-state index contributed by atoms with van der Waals surface area (Å²) < 4.78 is 32.0. The van der Waals surface area contributed by atoms with E-state index in [9.17, 15) is 34.1 Å². The van der Waals surface area contributed by atoms with Crippen molar-refractivity contribution in [1.29, 1.82) is 0 Å². The molecule has 0 aromatic heterocycles. The van der Waals surface area contributed by atoms with Crippen LogP contribution in [0.25, 0.3) is 0 Å². The van der Waals surface area contributed by atoms with Gasteiger partial charge < -0.3 is 49.7 Å². The Morgan fingerprint density at radius 3 is 0.983 bits per heavy atom. The average Bonchev–Trinajstić information content (AvgIpc) is 3.25. The predicted octanol–water partition coefficient (Wildman–Crippen LogP) is 6.43. The Morgan fingerprint density at radius 1 is 0.424 bits per heavy atom. The Morgan fingerprint density at radius 2 is 0.695 bits per heavy atom. The van der Waals surface area contributed by atoms with Crippen LogP contribution in [0.2, 0.25) is 0 Å². The number of methoxy groups -OCH3 is 6. The largest absolute Gasteiger partial charge is 0.494 e. The molecule has 0 spiro atoms. The van der Waals surface area contributed by atoms with Crippen LogP contribution in [0.5, 0.6) is 28.7 Å². The van der Waals surface area contributed by atoms with Crippen molar-refractivity contribution in [2.24, 2.45) is 0 Å². The lowest BCUT2D eigenvalue weighted by Crippen LogP contribution is -2.19. The van der Waals surface area contributed by atoms with Gasteiger partial charge in [0, 0.05) is 6.07 Å². The molecule has 0 heterocycles. The van der Waals surface area contributed by atoms with Crippen molar-refractivity contribution in [2.45, 2.75) is 0 Å². The Labute approximate surface area is 336 Å². The maximum Gasteiger partial charge on any atom is 0.341 e. The van der Waals surface area contributed by atoms with Crippen LogP contribution in [0, 0.1) is 10.1 Å². The highest BCUT2D eigenvalue weighted by atomic mass is 16.6. The predicted molar refractivity (Wildman–Crippen MR) is 215 cm³/mol. The van der Waals surface area contributed by atoms with Crippen molar-refractivity contribution in [3.8, 4) is 28.7 Å². The smallest absolute Gasteiger partial charge is 0.341 e. The third-order valence-electron chi connectivity index (χ3n) is 8.65. The minimum absolute atomic E-state index is 0.00728. The Hall–Kier alpha value is -8.15. The lowest BCUT2D eigenvalue weighted by molar-refractivity contribution is -0.385. The van der Waals surface area contributed by atoms with Crippen molar-refractivity contribution in [2.75, 3.05) is 63.9 Å². The second-order valence-corrected chi connectivity index (χ2v) is 12.0. The second-order valence-electron chi connectivity index (χ2n) is 12.0. The van der Waals surface area contributed by atoms with E-state index in [1.54, 1.807) is 6.07 Å². The number of hydrogen-bond acceptors (Lipinski definition) is 13. The summed E-state index contributed by atoms with van der Waals surface area (Å²) in [7, 11) is 7.65. The van der Waals surface area contributed by atoms with E-state index in [0.29, 0.717) is 0 Å². The number of anilines is 4. The van der Waals surface area contributed by atoms with Gasteiger partial charge in [-0.25, -0.2) is 4.79 Å². The van der Waals surface area contributed by atoms with Gasteiger partial charge in [0.1, 0.15) is 5.56 Å².